The summed E-state index contributed by atoms with van der Waals surface area (Å²) in [5, 5.41) is 9.18. The molecule has 0 radical (unpaired) electrons. The van der Waals surface area contributed by atoms with Crippen LogP contribution >= 0.6 is 0 Å². The molecule has 1 atom stereocenters. The fourth-order valence-corrected chi connectivity index (χ4v) is 1.93. The molecule has 94 valence electrons. The van der Waals surface area contributed by atoms with Crippen molar-refractivity contribution in [3.05, 3.63) is 0 Å². The van der Waals surface area contributed by atoms with Crippen LogP contribution in [-0.2, 0) is 4.79 Å². The monoisotopic (exact) mass is 228 g/mol. The third-order valence-corrected chi connectivity index (χ3v) is 3.32. The maximum absolute atomic E-state index is 12.0. The second-order valence-electron chi connectivity index (χ2n) is 6.05. The van der Waals surface area contributed by atoms with Crippen LogP contribution in [0.15, 0.2) is 0 Å². The van der Waals surface area contributed by atoms with E-state index in [0.29, 0.717) is 12.5 Å². The molecule has 1 amide bonds. The summed E-state index contributed by atoms with van der Waals surface area (Å²) in [6.45, 7) is 6.61. The van der Waals surface area contributed by atoms with Crippen molar-refractivity contribution in [3.8, 4) is 0 Å². The molecule has 16 heavy (non-hydrogen) atoms. The van der Waals surface area contributed by atoms with E-state index >= 15 is 0 Å². The number of rotatable bonds is 3. The Morgan fingerprint density at radius 3 is 2.38 bits per heavy atom. The van der Waals surface area contributed by atoms with E-state index in [2.05, 4.69) is 0 Å². The number of carbonyl (C=O) groups is 1. The number of likely N-dealkylation sites (N-methyl/N-ethyl adjacent to an activating group) is 1. The molecule has 1 rings (SSSR count). The first-order chi connectivity index (χ1) is 7.21. The average molecular weight is 228 g/mol. The molecular weight excluding hydrogens is 204 g/mol. The molecule has 1 saturated carbocycles. The smallest absolute Gasteiger partial charge is 0.239 e. The standard InChI is InChI=1S/C12H24N2O2/c1-12(2,3)10(13)11(16)14(4)7-8-5-9(15)6-8/h8-10,15H,5-7,13H2,1-4H3/t8?,9?,10-/m1/s1. The fraction of sp³-hybridized carbons (Fsp3) is 0.917. The summed E-state index contributed by atoms with van der Waals surface area (Å²) >= 11 is 0. The van der Waals surface area contributed by atoms with Crippen LogP contribution in [0.1, 0.15) is 33.6 Å². The highest BCUT2D eigenvalue weighted by molar-refractivity contribution is 5.82. The van der Waals surface area contributed by atoms with Crippen LogP contribution < -0.4 is 5.73 Å². The molecule has 0 saturated heterocycles. The van der Waals surface area contributed by atoms with Crippen LogP contribution in [0, 0.1) is 11.3 Å². The summed E-state index contributed by atoms with van der Waals surface area (Å²) in [5.74, 6) is 0.435. The van der Waals surface area contributed by atoms with E-state index in [1.807, 2.05) is 20.8 Å². The summed E-state index contributed by atoms with van der Waals surface area (Å²) in [5.41, 5.74) is 5.71. The van der Waals surface area contributed by atoms with Crippen LogP contribution in [0.4, 0.5) is 0 Å². The SMILES string of the molecule is CN(CC1CC(O)C1)C(=O)[C@@H](N)C(C)(C)C. The topological polar surface area (TPSA) is 66.6 Å². The lowest BCUT2D eigenvalue weighted by Crippen LogP contribution is -2.51. The van der Waals surface area contributed by atoms with Crippen molar-refractivity contribution in [1.29, 1.82) is 0 Å². The molecule has 0 aliphatic heterocycles. The summed E-state index contributed by atoms with van der Waals surface area (Å²) < 4.78 is 0. The van der Waals surface area contributed by atoms with E-state index in [1.165, 1.54) is 0 Å². The molecule has 3 N–H and O–H groups in total. The number of hydrogen-bond donors (Lipinski definition) is 2. The Morgan fingerprint density at radius 1 is 1.50 bits per heavy atom. The largest absolute Gasteiger partial charge is 0.393 e. The lowest BCUT2D eigenvalue weighted by atomic mass is 9.81. The minimum Gasteiger partial charge on any atom is -0.393 e. The molecule has 0 aromatic heterocycles. The lowest BCUT2D eigenvalue weighted by Gasteiger charge is -2.36. The van der Waals surface area contributed by atoms with Gasteiger partial charge >= 0.3 is 0 Å². The maximum Gasteiger partial charge on any atom is 0.239 e. The minimum absolute atomic E-state index is 0.00566. The Labute approximate surface area is 97.8 Å². The van der Waals surface area contributed by atoms with Gasteiger partial charge in [0.15, 0.2) is 0 Å². The highest BCUT2D eigenvalue weighted by atomic mass is 16.3. The second-order valence-corrected chi connectivity index (χ2v) is 6.05. The predicted molar refractivity (Wildman–Crippen MR) is 63.8 cm³/mol. The molecule has 0 aromatic carbocycles. The molecule has 0 spiro atoms. The molecule has 4 heteroatoms. The summed E-state index contributed by atoms with van der Waals surface area (Å²) in [7, 11) is 1.79. The van der Waals surface area contributed by atoms with Gasteiger partial charge in [-0.2, -0.15) is 0 Å². The summed E-state index contributed by atoms with van der Waals surface area (Å²) in [4.78, 5) is 13.7. The third kappa shape index (κ3) is 3.19. The zero-order valence-electron chi connectivity index (χ0n) is 10.7. The Morgan fingerprint density at radius 2 is 2.00 bits per heavy atom. The van der Waals surface area contributed by atoms with Crippen LogP contribution in [0.25, 0.3) is 0 Å². The Kier molecular flexibility index (Phi) is 3.97. The quantitative estimate of drug-likeness (QED) is 0.743. The van der Waals surface area contributed by atoms with E-state index < -0.39 is 6.04 Å². The first-order valence-electron chi connectivity index (χ1n) is 5.90. The van der Waals surface area contributed by atoms with E-state index in [4.69, 9.17) is 5.73 Å². The summed E-state index contributed by atoms with van der Waals surface area (Å²) in [6.07, 6.45) is 1.45. The number of aliphatic hydroxyl groups is 1. The zero-order chi connectivity index (χ0) is 12.5. The average Bonchev–Trinajstić information content (AvgIpc) is 2.11. The first kappa shape index (κ1) is 13.5. The number of hydrogen-bond acceptors (Lipinski definition) is 3. The van der Waals surface area contributed by atoms with Gasteiger partial charge in [0.2, 0.25) is 5.91 Å². The predicted octanol–water partition coefficient (Wildman–Crippen LogP) is 0.589. The lowest BCUT2D eigenvalue weighted by molar-refractivity contribution is -0.135. The van der Waals surface area contributed by atoms with Crippen molar-refractivity contribution in [1.82, 2.24) is 4.90 Å². The number of aliphatic hydroxyl groups excluding tert-OH is 1. The zero-order valence-corrected chi connectivity index (χ0v) is 10.7. The van der Waals surface area contributed by atoms with Crippen molar-refractivity contribution in [2.45, 2.75) is 45.8 Å². The third-order valence-electron chi connectivity index (χ3n) is 3.32. The highest BCUT2D eigenvalue weighted by Gasteiger charge is 2.33. The number of nitrogens with zero attached hydrogens (tertiary/aromatic N) is 1. The van der Waals surface area contributed by atoms with Crippen molar-refractivity contribution in [2.24, 2.45) is 17.1 Å². The molecule has 1 aliphatic rings. The van der Waals surface area contributed by atoms with E-state index in [0.717, 1.165) is 12.8 Å². The van der Waals surface area contributed by atoms with Gasteiger partial charge in [-0.15, -0.1) is 0 Å². The Hall–Kier alpha value is -0.610. The summed E-state index contributed by atoms with van der Waals surface area (Å²) in [6, 6.07) is -0.456. The highest BCUT2D eigenvalue weighted by Crippen LogP contribution is 2.28. The molecule has 1 aliphatic carbocycles. The van der Waals surface area contributed by atoms with Gasteiger partial charge in [0.05, 0.1) is 12.1 Å². The van der Waals surface area contributed by atoms with Crippen LogP contribution in [0.2, 0.25) is 0 Å². The van der Waals surface area contributed by atoms with Gasteiger partial charge in [0.1, 0.15) is 0 Å². The normalized spacial score (nSPS) is 27.1. The molecule has 4 nitrogen and oxygen atoms in total. The molecular formula is C12H24N2O2. The van der Waals surface area contributed by atoms with E-state index in [9.17, 15) is 9.90 Å². The number of carbonyl (C=O) groups excluding carboxylic acids is 1. The molecule has 0 aromatic rings. The van der Waals surface area contributed by atoms with Gasteiger partial charge in [-0.05, 0) is 24.2 Å². The van der Waals surface area contributed by atoms with Gasteiger partial charge in [0.25, 0.3) is 0 Å². The molecule has 0 unspecified atom stereocenters. The van der Waals surface area contributed by atoms with Crippen LogP contribution in [0.5, 0.6) is 0 Å². The molecule has 0 bridgehead atoms. The Bertz CT molecular complexity index is 254. The molecule has 0 heterocycles. The maximum atomic E-state index is 12.0. The van der Waals surface area contributed by atoms with Gasteiger partial charge in [0, 0.05) is 13.6 Å². The van der Waals surface area contributed by atoms with Crippen molar-refractivity contribution in [3.63, 3.8) is 0 Å². The van der Waals surface area contributed by atoms with Gasteiger partial charge in [-0.1, -0.05) is 20.8 Å². The van der Waals surface area contributed by atoms with Gasteiger partial charge in [-0.25, -0.2) is 0 Å². The van der Waals surface area contributed by atoms with Gasteiger partial charge < -0.3 is 15.7 Å². The number of amides is 1. The van der Waals surface area contributed by atoms with Crippen molar-refractivity contribution < 1.29 is 9.90 Å². The van der Waals surface area contributed by atoms with Crippen LogP contribution in [0.3, 0.4) is 0 Å². The van der Waals surface area contributed by atoms with E-state index in [-0.39, 0.29) is 17.4 Å². The minimum atomic E-state index is -0.456. The molecule has 1 fully saturated rings. The van der Waals surface area contributed by atoms with Crippen LogP contribution in [-0.4, -0.2) is 41.7 Å². The van der Waals surface area contributed by atoms with Gasteiger partial charge in [-0.3, -0.25) is 4.79 Å². The second kappa shape index (κ2) is 4.72. The number of nitrogens with two attached hydrogens (primary N) is 1. The van der Waals surface area contributed by atoms with Crippen molar-refractivity contribution in [2.75, 3.05) is 13.6 Å². The first-order valence-corrected chi connectivity index (χ1v) is 5.90. The fourth-order valence-electron chi connectivity index (χ4n) is 1.93. The van der Waals surface area contributed by atoms with Crippen molar-refractivity contribution >= 4 is 5.91 Å². The Balaban J connectivity index is 2.41. The van der Waals surface area contributed by atoms with E-state index in [1.54, 1.807) is 11.9 Å².